The fourth-order valence-electron chi connectivity index (χ4n) is 1.20. The second-order valence-electron chi connectivity index (χ2n) is 3.40. The van der Waals surface area contributed by atoms with Gasteiger partial charge in [0.25, 0.3) is 0 Å². The predicted molar refractivity (Wildman–Crippen MR) is 64.4 cm³/mol. The molecule has 1 aromatic carbocycles. The van der Waals surface area contributed by atoms with Gasteiger partial charge in [-0.25, -0.2) is 4.79 Å². The molecule has 0 fully saturated rings. The van der Waals surface area contributed by atoms with Crippen molar-refractivity contribution in [2.75, 3.05) is 0 Å². The van der Waals surface area contributed by atoms with Crippen LogP contribution in [0.5, 0.6) is 0 Å². The van der Waals surface area contributed by atoms with E-state index in [2.05, 4.69) is 5.32 Å². The van der Waals surface area contributed by atoms with Gasteiger partial charge in [0.2, 0.25) is 0 Å². The summed E-state index contributed by atoms with van der Waals surface area (Å²) in [7, 11) is 0. The molecule has 0 aliphatic carbocycles. The number of rotatable bonds is 4. The van der Waals surface area contributed by atoms with Crippen molar-refractivity contribution in [1.29, 1.82) is 0 Å². The number of carboxylic acid groups (broad SMARTS) is 1. The first-order chi connectivity index (χ1) is 7.52. The van der Waals surface area contributed by atoms with Crippen LogP contribution in [0.4, 0.5) is 0 Å². The van der Waals surface area contributed by atoms with Crippen LogP contribution in [0, 0.1) is 0 Å². The zero-order valence-electron chi connectivity index (χ0n) is 8.75. The first-order valence-electron chi connectivity index (χ1n) is 4.79. The monoisotopic (exact) mass is 239 g/mol. The first-order valence-corrected chi connectivity index (χ1v) is 5.20. The Morgan fingerprint density at radius 1 is 1.38 bits per heavy atom. The van der Waals surface area contributed by atoms with Crippen LogP contribution in [0.1, 0.15) is 12.5 Å². The third-order valence-corrected chi connectivity index (χ3v) is 2.42. The lowest BCUT2D eigenvalue weighted by Gasteiger charge is -2.18. The first kappa shape index (κ1) is 12.6. The summed E-state index contributed by atoms with van der Waals surface area (Å²) in [5.74, 6) is -1.13. The van der Waals surface area contributed by atoms with Crippen molar-refractivity contribution < 1.29 is 15.0 Å². The maximum atomic E-state index is 10.8. The Morgan fingerprint density at radius 3 is 2.38 bits per heavy atom. The Labute approximate surface area is 98.9 Å². The number of nitrogens with one attached hydrogen (secondary N) is 1. The van der Waals surface area contributed by atoms with Crippen LogP contribution in [-0.2, 0) is 4.79 Å². The average molecular weight is 239 g/mol. The maximum Gasteiger partial charge on any atom is 0.328 e. The molecule has 0 heterocycles. The van der Waals surface area contributed by atoms with Gasteiger partial charge in [-0.2, -0.15) is 0 Å². The lowest BCUT2D eigenvalue weighted by atomic mass is 10.1. The summed E-state index contributed by atoms with van der Waals surface area (Å²) in [5, 5.41) is 20.7. The molecule has 0 aromatic heterocycles. The molecule has 0 saturated heterocycles. The number of hydrogen-bond donors (Lipinski definition) is 3. The summed E-state index contributed by atoms with van der Waals surface area (Å²) in [6.45, 7) is 1.40. The van der Waals surface area contributed by atoms with E-state index in [-0.39, 0.29) is 0 Å². The fraction of sp³-hybridized carbons (Fsp3) is 0.273. The molecule has 5 heteroatoms. The highest BCUT2D eigenvalue weighted by Crippen LogP contribution is 2.02. The topological polar surface area (TPSA) is 69.6 Å². The van der Waals surface area contributed by atoms with E-state index in [0.29, 0.717) is 4.99 Å². The lowest BCUT2D eigenvalue weighted by molar-refractivity contribution is -0.141. The Balaban J connectivity index is 2.74. The van der Waals surface area contributed by atoms with Crippen molar-refractivity contribution in [2.45, 2.75) is 19.1 Å². The number of carbonyl (C=O) groups is 1. The number of aliphatic hydroxyl groups is 1. The molecule has 4 nitrogen and oxygen atoms in total. The summed E-state index contributed by atoms with van der Waals surface area (Å²) < 4.78 is 0. The van der Waals surface area contributed by atoms with Gasteiger partial charge < -0.3 is 15.5 Å². The highest BCUT2D eigenvalue weighted by Gasteiger charge is 2.23. The van der Waals surface area contributed by atoms with E-state index in [4.69, 9.17) is 17.3 Å². The van der Waals surface area contributed by atoms with Crippen LogP contribution >= 0.6 is 12.2 Å². The largest absolute Gasteiger partial charge is 0.480 e. The number of benzene rings is 1. The van der Waals surface area contributed by atoms with Gasteiger partial charge in [0.15, 0.2) is 6.04 Å². The smallest absolute Gasteiger partial charge is 0.328 e. The van der Waals surface area contributed by atoms with Crippen LogP contribution in [0.3, 0.4) is 0 Å². The Kier molecular flexibility index (Phi) is 4.39. The van der Waals surface area contributed by atoms with Gasteiger partial charge in [-0.05, 0) is 6.92 Å². The molecule has 0 spiro atoms. The summed E-state index contributed by atoms with van der Waals surface area (Å²) in [4.78, 5) is 11.1. The molecule has 3 N–H and O–H groups in total. The molecule has 0 amide bonds. The van der Waals surface area contributed by atoms with Crippen molar-refractivity contribution in [2.24, 2.45) is 0 Å². The molecule has 2 unspecified atom stereocenters. The van der Waals surface area contributed by atoms with E-state index in [1.54, 1.807) is 12.1 Å². The third kappa shape index (κ3) is 3.29. The minimum absolute atomic E-state index is 0.314. The molecule has 86 valence electrons. The zero-order chi connectivity index (χ0) is 12.1. The number of aliphatic hydroxyl groups excluding tert-OH is 1. The van der Waals surface area contributed by atoms with Crippen molar-refractivity contribution >= 4 is 23.2 Å². The molecule has 0 saturated carbocycles. The quantitative estimate of drug-likeness (QED) is 0.678. The molecule has 0 radical (unpaired) electrons. The second kappa shape index (κ2) is 5.58. The van der Waals surface area contributed by atoms with Crippen molar-refractivity contribution in [1.82, 2.24) is 5.32 Å². The number of carboxylic acids is 1. The Bertz CT molecular complexity index is 378. The van der Waals surface area contributed by atoms with Gasteiger partial charge in [-0.1, -0.05) is 42.5 Å². The van der Waals surface area contributed by atoms with Crippen molar-refractivity contribution in [3.8, 4) is 0 Å². The van der Waals surface area contributed by atoms with Crippen molar-refractivity contribution in [3.05, 3.63) is 35.9 Å². The summed E-state index contributed by atoms with van der Waals surface area (Å²) >= 11 is 5.05. The second-order valence-corrected chi connectivity index (χ2v) is 3.80. The zero-order valence-corrected chi connectivity index (χ0v) is 9.57. The van der Waals surface area contributed by atoms with Crippen LogP contribution in [0.25, 0.3) is 0 Å². The minimum atomic E-state index is -1.13. The van der Waals surface area contributed by atoms with E-state index in [1.165, 1.54) is 6.92 Å². The Hall–Kier alpha value is -1.46. The molecule has 0 aliphatic rings. The predicted octanol–water partition coefficient (Wildman–Crippen LogP) is 0.786. The van der Waals surface area contributed by atoms with E-state index in [1.807, 2.05) is 18.2 Å². The molecule has 1 rings (SSSR count). The van der Waals surface area contributed by atoms with Gasteiger partial charge in [0.05, 0.1) is 6.10 Å². The van der Waals surface area contributed by atoms with Crippen LogP contribution < -0.4 is 5.32 Å². The number of hydrogen-bond acceptors (Lipinski definition) is 3. The average Bonchev–Trinajstić information content (AvgIpc) is 2.25. The van der Waals surface area contributed by atoms with Crippen LogP contribution in [-0.4, -0.2) is 33.3 Å². The molecule has 1 aromatic rings. The molecular weight excluding hydrogens is 226 g/mol. The molecule has 16 heavy (non-hydrogen) atoms. The Morgan fingerprint density at radius 2 is 1.94 bits per heavy atom. The molecule has 0 aliphatic heterocycles. The minimum Gasteiger partial charge on any atom is -0.480 e. The standard InChI is InChI=1S/C11H13NO3S/c1-7(13)9(11(14)15)12-10(16)8-5-3-2-4-6-8/h2-7,9,13H,1H3,(H,12,16)(H,14,15). The summed E-state index contributed by atoms with van der Waals surface area (Å²) in [6.07, 6.45) is -1.01. The molecule has 0 bridgehead atoms. The summed E-state index contributed by atoms with van der Waals surface area (Å²) in [6, 6.07) is 7.91. The highest BCUT2D eigenvalue weighted by atomic mass is 32.1. The normalized spacial score (nSPS) is 13.9. The lowest BCUT2D eigenvalue weighted by Crippen LogP contribution is -2.47. The highest BCUT2D eigenvalue weighted by molar-refractivity contribution is 7.80. The van der Waals surface area contributed by atoms with Crippen molar-refractivity contribution in [3.63, 3.8) is 0 Å². The van der Waals surface area contributed by atoms with E-state index in [9.17, 15) is 9.90 Å². The van der Waals surface area contributed by atoms with Gasteiger partial charge in [-0.15, -0.1) is 0 Å². The van der Waals surface area contributed by atoms with E-state index in [0.717, 1.165) is 5.56 Å². The molecule has 2 atom stereocenters. The van der Waals surface area contributed by atoms with Gasteiger partial charge >= 0.3 is 5.97 Å². The third-order valence-electron chi connectivity index (χ3n) is 2.07. The SMILES string of the molecule is CC(O)C(NC(=S)c1ccccc1)C(=O)O. The summed E-state index contributed by atoms with van der Waals surface area (Å²) in [5.41, 5.74) is 0.726. The van der Waals surface area contributed by atoms with E-state index >= 15 is 0 Å². The maximum absolute atomic E-state index is 10.8. The number of thiocarbonyl (C=S) groups is 1. The van der Waals surface area contributed by atoms with Gasteiger partial charge in [-0.3, -0.25) is 0 Å². The van der Waals surface area contributed by atoms with Crippen LogP contribution in [0.2, 0.25) is 0 Å². The molecular formula is C11H13NO3S. The van der Waals surface area contributed by atoms with Gasteiger partial charge in [0.1, 0.15) is 4.99 Å². The van der Waals surface area contributed by atoms with Gasteiger partial charge in [0, 0.05) is 5.56 Å². The van der Waals surface area contributed by atoms with Crippen LogP contribution in [0.15, 0.2) is 30.3 Å². The number of aliphatic carboxylic acids is 1. The van der Waals surface area contributed by atoms with E-state index < -0.39 is 18.1 Å². The fourth-order valence-corrected chi connectivity index (χ4v) is 1.47.